The fourth-order valence-electron chi connectivity index (χ4n) is 5.27. The molecule has 6 rings (SSSR count). The lowest BCUT2D eigenvalue weighted by Gasteiger charge is -2.25. The summed E-state index contributed by atoms with van der Waals surface area (Å²) in [7, 11) is 0. The van der Waals surface area contributed by atoms with Crippen LogP contribution in [-0.4, -0.2) is 36.3 Å². The van der Waals surface area contributed by atoms with Gasteiger partial charge in [0.15, 0.2) is 0 Å². The third-order valence-corrected chi connectivity index (χ3v) is 7.71. The molecule has 250 valence electrons. The second kappa shape index (κ2) is 15.9. The van der Waals surface area contributed by atoms with E-state index in [9.17, 15) is 19.2 Å². The summed E-state index contributed by atoms with van der Waals surface area (Å²) in [5, 5.41) is 8.37. The summed E-state index contributed by atoms with van der Waals surface area (Å²) in [5.41, 5.74) is 2.06. The maximum absolute atomic E-state index is 13.7. The number of carbonyl (C=O) groups excluding carboxylic acids is 4. The van der Waals surface area contributed by atoms with Gasteiger partial charge in [-0.15, -0.1) is 0 Å². The summed E-state index contributed by atoms with van der Waals surface area (Å²) in [6.07, 6.45) is -6.31. The number of benzene rings is 6. The Morgan fingerprint density at radius 2 is 0.800 bits per heavy atom. The summed E-state index contributed by atoms with van der Waals surface area (Å²) in [6.45, 7) is -0.420. The van der Waals surface area contributed by atoms with E-state index in [0.29, 0.717) is 33.3 Å². The van der Waals surface area contributed by atoms with E-state index in [-0.39, 0.29) is 13.2 Å². The van der Waals surface area contributed by atoms with Gasteiger partial charge in [0.2, 0.25) is 12.2 Å². The Kier molecular flexibility index (Phi) is 10.6. The van der Waals surface area contributed by atoms with Gasteiger partial charge in [-0.3, -0.25) is 10.6 Å². The van der Waals surface area contributed by atoms with E-state index >= 15 is 0 Å². The van der Waals surface area contributed by atoms with E-state index in [1.807, 2.05) is 48.5 Å². The molecule has 50 heavy (non-hydrogen) atoms. The van der Waals surface area contributed by atoms with Crippen molar-refractivity contribution < 1.29 is 38.1 Å². The van der Waals surface area contributed by atoms with Crippen LogP contribution >= 0.6 is 0 Å². The van der Waals surface area contributed by atoms with Crippen molar-refractivity contribution in [2.45, 2.75) is 25.4 Å². The van der Waals surface area contributed by atoms with Gasteiger partial charge in [0, 0.05) is 10.8 Å². The van der Waals surface area contributed by atoms with Crippen LogP contribution in [0.2, 0.25) is 0 Å². The highest BCUT2D eigenvalue weighted by Gasteiger charge is 2.43. The van der Waals surface area contributed by atoms with E-state index in [4.69, 9.17) is 18.9 Å². The van der Waals surface area contributed by atoms with Gasteiger partial charge in [-0.25, -0.2) is 19.2 Å². The molecule has 2 amide bonds. The van der Waals surface area contributed by atoms with Gasteiger partial charge in [-0.2, -0.15) is 0 Å². The quantitative estimate of drug-likeness (QED) is 0.105. The molecule has 2 N–H and O–H groups in total. The van der Waals surface area contributed by atoms with Crippen LogP contribution in [0.1, 0.15) is 11.1 Å². The van der Waals surface area contributed by atoms with Crippen molar-refractivity contribution in [2.24, 2.45) is 0 Å². The lowest BCUT2D eigenvalue weighted by molar-refractivity contribution is -0.174. The molecule has 2 unspecified atom stereocenters. The number of hydrogen-bond donors (Lipinski definition) is 2. The monoisotopic (exact) mass is 668 g/mol. The van der Waals surface area contributed by atoms with Gasteiger partial charge in [-0.1, -0.05) is 133 Å². The lowest BCUT2D eigenvalue weighted by Crippen LogP contribution is -2.48. The standard InChI is InChI=1S/C40H32N2O8/c43-37(47-25-27-13-3-1-4-14-27)35(49-39(45)41-33-23-11-19-29-17-7-9-21-31(29)33)36(38(44)48-26-28-15-5-2-6-16-28)50-40(46)42-34-24-12-20-30-18-8-10-22-32(30)34/h1-24,35-36H,25-26H2,(H,41,45)(H,42,46). The number of hydrogen-bond acceptors (Lipinski definition) is 8. The molecule has 0 spiro atoms. The minimum absolute atomic E-state index is 0.210. The molecule has 0 aliphatic rings. The molecule has 0 saturated heterocycles. The number of nitrogens with one attached hydrogen (secondary N) is 2. The highest BCUT2D eigenvalue weighted by Crippen LogP contribution is 2.25. The molecule has 6 aromatic rings. The van der Waals surface area contributed by atoms with E-state index < -0.39 is 36.3 Å². The van der Waals surface area contributed by atoms with Crippen LogP contribution in [0, 0.1) is 0 Å². The Hall–Kier alpha value is -6.68. The number of amides is 2. The van der Waals surface area contributed by atoms with E-state index in [0.717, 1.165) is 10.8 Å². The second-order valence-corrected chi connectivity index (χ2v) is 11.1. The van der Waals surface area contributed by atoms with Crippen molar-refractivity contribution in [1.82, 2.24) is 0 Å². The zero-order chi connectivity index (χ0) is 34.7. The Balaban J connectivity index is 1.29. The summed E-state index contributed by atoms with van der Waals surface area (Å²) in [4.78, 5) is 54.3. The van der Waals surface area contributed by atoms with Crippen LogP contribution in [0.5, 0.6) is 0 Å². The Bertz CT molecular complexity index is 1960. The third kappa shape index (κ3) is 8.42. The SMILES string of the molecule is O=C(Nc1cccc2ccccc12)OC(C(=O)OCc1ccccc1)C(OC(=O)Nc1cccc2ccccc12)C(=O)OCc1ccccc1. The molecule has 0 heterocycles. The number of carbonyl (C=O) groups is 4. The highest BCUT2D eigenvalue weighted by molar-refractivity contribution is 6.02. The van der Waals surface area contributed by atoms with Crippen LogP contribution in [0.4, 0.5) is 21.0 Å². The van der Waals surface area contributed by atoms with Crippen molar-refractivity contribution in [3.63, 3.8) is 0 Å². The number of anilines is 2. The highest BCUT2D eigenvalue weighted by atomic mass is 16.6. The molecule has 0 aliphatic carbocycles. The maximum Gasteiger partial charge on any atom is 0.412 e. The average molecular weight is 669 g/mol. The minimum atomic E-state index is -2.06. The average Bonchev–Trinajstić information content (AvgIpc) is 3.15. The van der Waals surface area contributed by atoms with Gasteiger partial charge in [0.05, 0.1) is 11.4 Å². The molecule has 0 radical (unpaired) electrons. The first-order valence-corrected chi connectivity index (χ1v) is 15.8. The second-order valence-electron chi connectivity index (χ2n) is 11.1. The van der Waals surface area contributed by atoms with Crippen LogP contribution in [0.3, 0.4) is 0 Å². The molecule has 6 aromatic carbocycles. The molecule has 0 aromatic heterocycles. The number of fused-ring (bicyclic) bond motifs is 2. The summed E-state index contributed by atoms with van der Waals surface area (Å²) in [6, 6.07) is 42.8. The first-order valence-electron chi connectivity index (χ1n) is 15.8. The van der Waals surface area contributed by atoms with Crippen molar-refractivity contribution in [3.05, 3.63) is 157 Å². The molecule has 0 saturated carbocycles. The van der Waals surface area contributed by atoms with Crippen LogP contribution in [0.15, 0.2) is 146 Å². The molecule has 10 heteroatoms. The summed E-state index contributed by atoms with van der Waals surface area (Å²) < 4.78 is 22.2. The molecule has 2 atom stereocenters. The number of esters is 2. The van der Waals surface area contributed by atoms with Crippen LogP contribution in [-0.2, 0) is 41.8 Å². The zero-order valence-corrected chi connectivity index (χ0v) is 26.7. The number of ether oxygens (including phenoxy) is 4. The largest absolute Gasteiger partial charge is 0.458 e. The lowest BCUT2D eigenvalue weighted by atomic mass is 10.1. The minimum Gasteiger partial charge on any atom is -0.458 e. The van der Waals surface area contributed by atoms with Crippen molar-refractivity contribution in [1.29, 1.82) is 0 Å². The Morgan fingerprint density at radius 3 is 1.22 bits per heavy atom. The van der Waals surface area contributed by atoms with Gasteiger partial charge in [-0.05, 0) is 34.0 Å². The molecule has 0 bridgehead atoms. The topological polar surface area (TPSA) is 129 Å². The molecular weight excluding hydrogens is 636 g/mol. The maximum atomic E-state index is 13.7. The van der Waals surface area contributed by atoms with E-state index in [1.54, 1.807) is 97.1 Å². The predicted molar refractivity (Wildman–Crippen MR) is 188 cm³/mol. The zero-order valence-electron chi connectivity index (χ0n) is 26.7. The van der Waals surface area contributed by atoms with E-state index in [2.05, 4.69) is 10.6 Å². The Labute approximate surface area is 287 Å². The smallest absolute Gasteiger partial charge is 0.412 e. The fourth-order valence-corrected chi connectivity index (χ4v) is 5.27. The predicted octanol–water partition coefficient (Wildman–Crippen LogP) is 8.01. The molecule has 10 nitrogen and oxygen atoms in total. The first kappa shape index (κ1) is 33.2. The number of rotatable bonds is 11. The molecular formula is C40H32N2O8. The van der Waals surface area contributed by atoms with Gasteiger partial charge < -0.3 is 18.9 Å². The normalized spacial score (nSPS) is 11.9. The fraction of sp³-hybridized carbons (Fsp3) is 0.100. The summed E-state index contributed by atoms with van der Waals surface area (Å²) >= 11 is 0. The van der Waals surface area contributed by atoms with Crippen LogP contribution < -0.4 is 10.6 Å². The molecule has 0 fully saturated rings. The van der Waals surface area contributed by atoms with E-state index in [1.165, 1.54) is 0 Å². The summed E-state index contributed by atoms with van der Waals surface area (Å²) in [5.74, 6) is -2.27. The van der Waals surface area contributed by atoms with Gasteiger partial charge in [0.1, 0.15) is 13.2 Å². The van der Waals surface area contributed by atoms with Crippen molar-refractivity contribution in [3.8, 4) is 0 Å². The third-order valence-electron chi connectivity index (χ3n) is 7.71. The van der Waals surface area contributed by atoms with Crippen molar-refractivity contribution in [2.75, 3.05) is 10.6 Å². The van der Waals surface area contributed by atoms with Gasteiger partial charge in [0.25, 0.3) is 0 Å². The first-order chi connectivity index (χ1) is 24.4. The van der Waals surface area contributed by atoms with Gasteiger partial charge >= 0.3 is 24.1 Å². The van der Waals surface area contributed by atoms with Crippen molar-refractivity contribution >= 4 is 57.0 Å². The van der Waals surface area contributed by atoms with Crippen LogP contribution in [0.25, 0.3) is 21.5 Å². The Morgan fingerprint density at radius 1 is 0.440 bits per heavy atom. The molecule has 0 aliphatic heterocycles.